The summed E-state index contributed by atoms with van der Waals surface area (Å²) in [6, 6.07) is 25.4. The maximum Gasteiger partial charge on any atom is 0.338 e. The molecule has 0 atom stereocenters. The Morgan fingerprint density at radius 3 is 2.38 bits per heavy atom. The molecular weight excluding hydrogens is 698 g/mol. The molecule has 3 N–H and O–H groups in total. The quantitative estimate of drug-likeness (QED) is 0.0761. The van der Waals surface area contributed by atoms with Crippen molar-refractivity contribution in [1.82, 2.24) is 9.88 Å². The standard InChI is InChI=1S/C37H35BrClN3O6/c1-23-30(31-20-29(46-2)12-13-33(31)42(23)36(44)25-8-10-28(39)11-9-25)21-34(43)47-16-17-48-37(45)26-18-27(35(40)32(38)19-26)22-41-15-14-24-6-4-3-5-7-24/h3-13,18-20,41H,14-17,21-22,40H2,1-2H3. The zero-order chi connectivity index (χ0) is 34.2. The number of anilines is 1. The first-order valence-electron chi connectivity index (χ1n) is 15.3. The minimum absolute atomic E-state index is 0.101. The van der Waals surface area contributed by atoms with Crippen molar-refractivity contribution in [2.75, 3.05) is 32.6 Å². The number of nitrogen functional groups attached to an aromatic ring is 1. The van der Waals surface area contributed by atoms with Crippen molar-refractivity contribution in [2.45, 2.75) is 26.3 Å². The lowest BCUT2D eigenvalue weighted by Crippen LogP contribution is -2.19. The highest BCUT2D eigenvalue weighted by atomic mass is 79.9. The molecule has 0 spiro atoms. The molecule has 0 unspecified atom stereocenters. The summed E-state index contributed by atoms with van der Waals surface area (Å²) in [4.78, 5) is 39.4. The van der Waals surface area contributed by atoms with Crippen molar-refractivity contribution in [3.8, 4) is 5.75 Å². The first-order chi connectivity index (χ1) is 23.2. The molecule has 0 fully saturated rings. The van der Waals surface area contributed by atoms with E-state index in [2.05, 4.69) is 33.4 Å². The Balaban J connectivity index is 1.19. The fraction of sp³-hybridized carbons (Fsp3) is 0.216. The second kappa shape index (κ2) is 16.0. The SMILES string of the molecule is COc1ccc2c(c1)c(CC(=O)OCCOC(=O)c1cc(Br)c(N)c(CNCCc3ccccc3)c1)c(C)n2C(=O)c1ccc(Cl)cc1. The number of aromatic nitrogens is 1. The number of fused-ring (bicyclic) bond motifs is 1. The number of ether oxygens (including phenoxy) is 3. The van der Waals surface area contributed by atoms with Crippen LogP contribution in [-0.4, -0.2) is 49.3 Å². The largest absolute Gasteiger partial charge is 0.497 e. The molecule has 1 aromatic heterocycles. The van der Waals surface area contributed by atoms with Crippen LogP contribution in [0.4, 0.5) is 5.69 Å². The van der Waals surface area contributed by atoms with Gasteiger partial charge in [0.25, 0.3) is 5.91 Å². The Morgan fingerprint density at radius 2 is 1.65 bits per heavy atom. The average Bonchev–Trinajstić information content (AvgIpc) is 3.36. The molecule has 9 nitrogen and oxygen atoms in total. The van der Waals surface area contributed by atoms with Crippen molar-refractivity contribution in [3.63, 3.8) is 0 Å². The van der Waals surface area contributed by atoms with Gasteiger partial charge in [-0.15, -0.1) is 0 Å². The molecule has 0 saturated carbocycles. The number of hydrogen-bond donors (Lipinski definition) is 2. The Kier molecular flexibility index (Phi) is 11.5. The Bertz CT molecular complexity index is 1940. The van der Waals surface area contributed by atoms with E-state index < -0.39 is 11.9 Å². The van der Waals surface area contributed by atoms with Crippen LogP contribution in [0.2, 0.25) is 5.02 Å². The number of carbonyl (C=O) groups excluding carboxylic acids is 3. The van der Waals surface area contributed by atoms with Crippen LogP contribution in [0.15, 0.2) is 89.4 Å². The second-order valence-electron chi connectivity index (χ2n) is 11.1. The normalized spacial score (nSPS) is 11.0. The smallest absolute Gasteiger partial charge is 0.338 e. The van der Waals surface area contributed by atoms with E-state index in [1.807, 2.05) is 18.2 Å². The van der Waals surface area contributed by atoms with E-state index in [1.165, 1.54) is 5.56 Å². The van der Waals surface area contributed by atoms with Crippen LogP contribution in [0.1, 0.15) is 43.1 Å². The molecular formula is C37H35BrClN3O6. The lowest BCUT2D eigenvalue weighted by Gasteiger charge is -2.12. The van der Waals surface area contributed by atoms with E-state index in [0.29, 0.717) is 60.8 Å². The molecule has 48 heavy (non-hydrogen) atoms. The number of benzene rings is 4. The predicted octanol–water partition coefficient (Wildman–Crippen LogP) is 6.92. The Hall–Kier alpha value is -4.64. The second-order valence-corrected chi connectivity index (χ2v) is 12.4. The van der Waals surface area contributed by atoms with Crippen LogP contribution in [0.3, 0.4) is 0 Å². The summed E-state index contributed by atoms with van der Waals surface area (Å²) >= 11 is 9.46. The summed E-state index contributed by atoms with van der Waals surface area (Å²) in [6.07, 6.45) is 0.760. The van der Waals surface area contributed by atoms with Gasteiger partial charge in [-0.2, -0.15) is 0 Å². The number of hydrogen-bond acceptors (Lipinski definition) is 8. The number of methoxy groups -OCH3 is 1. The monoisotopic (exact) mass is 731 g/mol. The average molecular weight is 733 g/mol. The third-order valence-corrected chi connectivity index (χ3v) is 8.84. The van der Waals surface area contributed by atoms with Crippen molar-refractivity contribution in [3.05, 3.63) is 128 Å². The highest BCUT2D eigenvalue weighted by Crippen LogP contribution is 2.31. The maximum atomic E-state index is 13.5. The summed E-state index contributed by atoms with van der Waals surface area (Å²) in [7, 11) is 1.55. The molecule has 1 heterocycles. The zero-order valence-electron chi connectivity index (χ0n) is 26.6. The molecule has 11 heteroatoms. The van der Waals surface area contributed by atoms with Gasteiger partial charge in [-0.1, -0.05) is 41.9 Å². The molecule has 0 bridgehead atoms. The first-order valence-corrected chi connectivity index (χ1v) is 16.5. The fourth-order valence-electron chi connectivity index (χ4n) is 5.40. The molecule has 4 aromatic carbocycles. The molecule has 0 aliphatic rings. The number of nitrogens with one attached hydrogen (secondary N) is 1. The minimum Gasteiger partial charge on any atom is -0.497 e. The number of rotatable bonds is 13. The first kappa shape index (κ1) is 34.7. The van der Waals surface area contributed by atoms with Gasteiger partial charge in [0.05, 0.1) is 30.3 Å². The topological polar surface area (TPSA) is 122 Å². The highest BCUT2D eigenvalue weighted by molar-refractivity contribution is 9.10. The van der Waals surface area contributed by atoms with Crippen molar-refractivity contribution in [2.24, 2.45) is 0 Å². The van der Waals surface area contributed by atoms with Gasteiger partial charge in [-0.3, -0.25) is 14.2 Å². The number of nitrogens with two attached hydrogens (primary N) is 1. The summed E-state index contributed by atoms with van der Waals surface area (Å²) in [5.74, 6) is -0.773. The molecule has 0 saturated heterocycles. The van der Waals surface area contributed by atoms with Crippen LogP contribution in [0.25, 0.3) is 10.9 Å². The summed E-state index contributed by atoms with van der Waals surface area (Å²) < 4.78 is 18.4. The number of halogens is 2. The molecule has 5 aromatic rings. The molecule has 0 amide bonds. The highest BCUT2D eigenvalue weighted by Gasteiger charge is 2.23. The van der Waals surface area contributed by atoms with Crippen LogP contribution in [-0.2, 0) is 33.7 Å². The molecule has 248 valence electrons. The van der Waals surface area contributed by atoms with Crippen LogP contribution >= 0.6 is 27.5 Å². The van der Waals surface area contributed by atoms with E-state index in [-0.39, 0.29) is 25.5 Å². The van der Waals surface area contributed by atoms with Crippen molar-refractivity contribution >= 4 is 62.0 Å². The summed E-state index contributed by atoms with van der Waals surface area (Å²) in [5.41, 5.74) is 11.4. The van der Waals surface area contributed by atoms with Crippen molar-refractivity contribution in [1.29, 1.82) is 0 Å². The fourth-order valence-corrected chi connectivity index (χ4v) is 6.03. The lowest BCUT2D eigenvalue weighted by atomic mass is 10.1. The van der Waals surface area contributed by atoms with E-state index in [4.69, 9.17) is 31.5 Å². The number of nitrogens with zero attached hydrogens (tertiary/aromatic N) is 1. The third kappa shape index (κ3) is 8.25. The zero-order valence-corrected chi connectivity index (χ0v) is 28.9. The Labute approximate surface area is 292 Å². The van der Waals surface area contributed by atoms with Gasteiger partial charge < -0.3 is 25.3 Å². The Morgan fingerprint density at radius 1 is 0.917 bits per heavy atom. The van der Waals surface area contributed by atoms with Crippen molar-refractivity contribution < 1.29 is 28.6 Å². The molecule has 0 aliphatic carbocycles. The van der Waals surface area contributed by atoms with E-state index in [9.17, 15) is 14.4 Å². The van der Waals surface area contributed by atoms with Gasteiger partial charge in [0.2, 0.25) is 0 Å². The van der Waals surface area contributed by atoms with Crippen LogP contribution < -0.4 is 15.8 Å². The van der Waals surface area contributed by atoms with E-state index in [0.717, 1.165) is 18.5 Å². The molecule has 5 rings (SSSR count). The van der Waals surface area contributed by atoms with Crippen LogP contribution in [0, 0.1) is 6.92 Å². The van der Waals surface area contributed by atoms with E-state index in [1.54, 1.807) is 73.2 Å². The van der Waals surface area contributed by atoms with Gasteiger partial charge in [0.15, 0.2) is 0 Å². The number of carbonyl (C=O) groups is 3. The summed E-state index contributed by atoms with van der Waals surface area (Å²) in [6.45, 7) is 2.72. The summed E-state index contributed by atoms with van der Waals surface area (Å²) in [5, 5.41) is 4.58. The predicted molar refractivity (Wildman–Crippen MR) is 190 cm³/mol. The maximum absolute atomic E-state index is 13.5. The van der Waals surface area contributed by atoms with Crippen LogP contribution in [0.5, 0.6) is 5.75 Å². The van der Waals surface area contributed by atoms with Gasteiger partial charge in [0.1, 0.15) is 19.0 Å². The molecule has 0 aliphatic heterocycles. The van der Waals surface area contributed by atoms with Gasteiger partial charge >= 0.3 is 11.9 Å². The van der Waals surface area contributed by atoms with Gasteiger partial charge in [-0.25, -0.2) is 4.79 Å². The molecule has 0 radical (unpaired) electrons. The van der Waals surface area contributed by atoms with Gasteiger partial charge in [0, 0.05) is 32.7 Å². The lowest BCUT2D eigenvalue weighted by molar-refractivity contribution is -0.143. The van der Waals surface area contributed by atoms with E-state index >= 15 is 0 Å². The number of esters is 2. The minimum atomic E-state index is -0.566. The third-order valence-electron chi connectivity index (χ3n) is 7.94. The van der Waals surface area contributed by atoms with Gasteiger partial charge in [-0.05, 0) is 107 Å².